The van der Waals surface area contributed by atoms with Gasteiger partial charge in [-0.15, -0.1) is 0 Å². The fourth-order valence-electron chi connectivity index (χ4n) is 5.48. The maximum absolute atomic E-state index is 13.2. The molecule has 1 saturated carbocycles. The lowest BCUT2D eigenvalue weighted by molar-refractivity contribution is -0.135. The van der Waals surface area contributed by atoms with Crippen molar-refractivity contribution in [2.24, 2.45) is 0 Å². The van der Waals surface area contributed by atoms with Crippen LogP contribution in [0.1, 0.15) is 55.5 Å². The summed E-state index contributed by atoms with van der Waals surface area (Å²) in [5, 5.41) is 11.3. The fourth-order valence-corrected chi connectivity index (χ4v) is 5.60. The minimum atomic E-state index is -1.04. The van der Waals surface area contributed by atoms with E-state index in [2.05, 4.69) is 16.0 Å². The standard InChI is InChI=1S/C35H41ClN6O3/c1-35(2,45-28-19-9-23(10-20-28)21-22-37-32(43)24-11-13-25(36)14-12-24)33(44)38-26-15-17-27(18-16-26)39-34-40-30-8-6-5-7-29(30)31(41-34)42(3)4/h5-14,19-20,26-27H,15-18,21-22H2,1-4H3,(H,37,43)(H,38,44)(H,39,40,41). The number of rotatable bonds is 11. The molecule has 1 aliphatic carbocycles. The zero-order valence-electron chi connectivity index (χ0n) is 26.3. The summed E-state index contributed by atoms with van der Waals surface area (Å²) in [6.45, 7) is 4.07. The van der Waals surface area contributed by atoms with Crippen molar-refractivity contribution >= 4 is 46.1 Å². The quantitative estimate of drug-likeness (QED) is 0.186. The van der Waals surface area contributed by atoms with Crippen LogP contribution in [0.25, 0.3) is 10.9 Å². The zero-order valence-corrected chi connectivity index (χ0v) is 27.0. The molecule has 1 aromatic heterocycles. The third-order valence-electron chi connectivity index (χ3n) is 8.05. The maximum atomic E-state index is 13.2. The second-order valence-electron chi connectivity index (χ2n) is 12.2. The smallest absolute Gasteiger partial charge is 0.263 e. The maximum Gasteiger partial charge on any atom is 0.263 e. The molecule has 45 heavy (non-hydrogen) atoms. The normalized spacial score (nSPS) is 16.6. The number of aromatic nitrogens is 2. The average molecular weight is 629 g/mol. The Labute approximate surface area is 269 Å². The number of nitrogens with zero attached hydrogens (tertiary/aromatic N) is 3. The molecule has 10 heteroatoms. The SMILES string of the molecule is CN(C)c1nc(NC2CCC(NC(=O)C(C)(C)Oc3ccc(CCNC(=O)c4ccc(Cl)cc4)cc3)CC2)nc2ccccc12. The first-order chi connectivity index (χ1) is 21.6. The molecular weight excluding hydrogens is 588 g/mol. The van der Waals surface area contributed by atoms with Gasteiger partial charge in [-0.3, -0.25) is 9.59 Å². The molecule has 0 spiro atoms. The van der Waals surface area contributed by atoms with Crippen molar-refractivity contribution in [1.82, 2.24) is 20.6 Å². The Kier molecular flexibility index (Phi) is 10.1. The van der Waals surface area contributed by atoms with Gasteiger partial charge in [0.05, 0.1) is 5.52 Å². The number of para-hydroxylation sites is 1. The summed E-state index contributed by atoms with van der Waals surface area (Å²) in [7, 11) is 3.97. The molecule has 0 aliphatic heterocycles. The van der Waals surface area contributed by atoms with Gasteiger partial charge in [-0.1, -0.05) is 35.9 Å². The number of amides is 2. The van der Waals surface area contributed by atoms with Gasteiger partial charge in [0.15, 0.2) is 5.60 Å². The summed E-state index contributed by atoms with van der Waals surface area (Å²) in [6, 6.07) is 22.8. The van der Waals surface area contributed by atoms with Gasteiger partial charge in [0.2, 0.25) is 5.95 Å². The van der Waals surface area contributed by atoms with E-state index in [-0.39, 0.29) is 23.9 Å². The van der Waals surface area contributed by atoms with E-state index in [4.69, 9.17) is 26.3 Å². The van der Waals surface area contributed by atoms with Crippen LogP contribution in [0.4, 0.5) is 11.8 Å². The van der Waals surface area contributed by atoms with Crippen LogP contribution in [0.15, 0.2) is 72.8 Å². The largest absolute Gasteiger partial charge is 0.478 e. The monoisotopic (exact) mass is 628 g/mol. The first-order valence-electron chi connectivity index (χ1n) is 15.4. The molecule has 1 aliphatic rings. The molecule has 0 unspecified atom stereocenters. The fraction of sp³-hybridized carbons (Fsp3) is 0.371. The van der Waals surface area contributed by atoms with E-state index in [0.29, 0.717) is 35.2 Å². The Bertz CT molecular complexity index is 1620. The van der Waals surface area contributed by atoms with E-state index in [1.165, 1.54) is 0 Å². The summed E-state index contributed by atoms with van der Waals surface area (Å²) < 4.78 is 6.11. The third kappa shape index (κ3) is 8.42. The minimum Gasteiger partial charge on any atom is -0.478 e. The molecule has 0 radical (unpaired) electrons. The molecule has 0 bridgehead atoms. The Balaban J connectivity index is 1.07. The number of carbonyl (C=O) groups excluding carboxylic acids is 2. The number of fused-ring (bicyclic) bond motifs is 1. The van der Waals surface area contributed by atoms with E-state index >= 15 is 0 Å². The molecule has 236 valence electrons. The third-order valence-corrected chi connectivity index (χ3v) is 8.30. The van der Waals surface area contributed by atoms with Gasteiger partial charge in [-0.05, 0) is 100 Å². The Hall–Kier alpha value is -4.37. The van der Waals surface area contributed by atoms with Gasteiger partial charge in [-0.25, -0.2) is 4.98 Å². The van der Waals surface area contributed by atoms with Gasteiger partial charge < -0.3 is 25.6 Å². The van der Waals surface area contributed by atoms with Crippen LogP contribution in [0.5, 0.6) is 5.75 Å². The number of anilines is 2. The lowest BCUT2D eigenvalue weighted by Crippen LogP contribution is -2.51. The number of hydrogen-bond donors (Lipinski definition) is 3. The molecule has 2 amide bonds. The van der Waals surface area contributed by atoms with Crippen molar-refractivity contribution in [2.75, 3.05) is 30.9 Å². The topological polar surface area (TPSA) is 108 Å². The van der Waals surface area contributed by atoms with E-state index in [1.54, 1.807) is 38.1 Å². The molecular formula is C35H41ClN6O3. The highest BCUT2D eigenvalue weighted by Crippen LogP contribution is 2.27. The minimum absolute atomic E-state index is 0.0822. The van der Waals surface area contributed by atoms with Crippen molar-refractivity contribution < 1.29 is 14.3 Å². The highest BCUT2D eigenvalue weighted by molar-refractivity contribution is 6.30. The summed E-state index contributed by atoms with van der Waals surface area (Å²) in [6.07, 6.45) is 4.20. The second kappa shape index (κ2) is 14.2. The first-order valence-corrected chi connectivity index (χ1v) is 15.8. The van der Waals surface area contributed by atoms with Crippen molar-refractivity contribution in [1.29, 1.82) is 0 Å². The predicted molar refractivity (Wildman–Crippen MR) is 180 cm³/mol. The first kappa shape index (κ1) is 32.0. The molecule has 9 nitrogen and oxygen atoms in total. The number of carbonyl (C=O) groups is 2. The number of benzene rings is 3. The van der Waals surface area contributed by atoms with Crippen molar-refractivity contribution in [3.63, 3.8) is 0 Å². The summed E-state index contributed by atoms with van der Waals surface area (Å²) >= 11 is 5.89. The van der Waals surface area contributed by atoms with Crippen LogP contribution in [-0.4, -0.2) is 60.1 Å². The summed E-state index contributed by atoms with van der Waals surface area (Å²) in [5.41, 5.74) is 1.50. The van der Waals surface area contributed by atoms with E-state index in [1.807, 2.05) is 67.5 Å². The van der Waals surface area contributed by atoms with Crippen LogP contribution in [-0.2, 0) is 11.2 Å². The van der Waals surface area contributed by atoms with Crippen LogP contribution in [0.2, 0.25) is 5.02 Å². The molecule has 1 fully saturated rings. The highest BCUT2D eigenvalue weighted by atomic mass is 35.5. The van der Waals surface area contributed by atoms with Crippen LogP contribution >= 0.6 is 11.6 Å². The summed E-state index contributed by atoms with van der Waals surface area (Å²) in [4.78, 5) is 37.0. The molecule has 1 heterocycles. The van der Waals surface area contributed by atoms with Gasteiger partial charge in [-0.2, -0.15) is 4.98 Å². The van der Waals surface area contributed by atoms with Gasteiger partial charge >= 0.3 is 0 Å². The second-order valence-corrected chi connectivity index (χ2v) is 12.7. The molecule has 4 aromatic rings. The number of hydrogen-bond acceptors (Lipinski definition) is 7. The summed E-state index contributed by atoms with van der Waals surface area (Å²) in [5.74, 6) is 1.86. The number of ether oxygens (including phenoxy) is 1. The van der Waals surface area contributed by atoms with Crippen LogP contribution in [0, 0.1) is 0 Å². The average Bonchev–Trinajstić information content (AvgIpc) is 3.02. The van der Waals surface area contributed by atoms with Crippen molar-refractivity contribution in [2.45, 2.75) is 63.6 Å². The zero-order chi connectivity index (χ0) is 32.0. The number of halogens is 1. The molecule has 0 atom stereocenters. The predicted octanol–water partition coefficient (Wildman–Crippen LogP) is 6.02. The van der Waals surface area contributed by atoms with Gasteiger partial charge in [0.25, 0.3) is 11.8 Å². The van der Waals surface area contributed by atoms with Crippen LogP contribution < -0.4 is 25.6 Å². The molecule has 3 N–H and O–H groups in total. The Morgan fingerprint density at radius 1 is 0.911 bits per heavy atom. The highest BCUT2D eigenvalue weighted by Gasteiger charge is 2.33. The molecule has 3 aromatic carbocycles. The Morgan fingerprint density at radius 2 is 1.58 bits per heavy atom. The van der Waals surface area contributed by atoms with E-state index in [9.17, 15) is 9.59 Å². The van der Waals surface area contributed by atoms with Gasteiger partial charge in [0.1, 0.15) is 11.6 Å². The van der Waals surface area contributed by atoms with Gasteiger partial charge in [0, 0.05) is 48.7 Å². The van der Waals surface area contributed by atoms with Crippen molar-refractivity contribution in [3.05, 3.63) is 88.9 Å². The Morgan fingerprint density at radius 3 is 2.27 bits per heavy atom. The lowest BCUT2D eigenvalue weighted by Gasteiger charge is -2.33. The number of nitrogens with one attached hydrogen (secondary N) is 3. The van der Waals surface area contributed by atoms with Crippen LogP contribution in [0.3, 0.4) is 0 Å². The molecule has 5 rings (SSSR count). The van der Waals surface area contributed by atoms with Crippen molar-refractivity contribution in [3.8, 4) is 5.75 Å². The van der Waals surface area contributed by atoms with E-state index in [0.717, 1.165) is 48.0 Å². The lowest BCUT2D eigenvalue weighted by atomic mass is 9.90. The molecule has 0 saturated heterocycles. The van der Waals surface area contributed by atoms with E-state index < -0.39 is 5.60 Å².